The lowest BCUT2D eigenvalue weighted by Crippen LogP contribution is -2.50. The molecule has 0 aliphatic rings. The first kappa shape index (κ1) is 32.6. The molecule has 3 N–H and O–H groups in total. The molecule has 3 atom stereocenters. The fraction of sp³-hybridized carbons (Fsp3) is 0.344. The number of nitrogens with zero attached hydrogens (tertiary/aromatic N) is 1. The number of hydrogen-bond donors (Lipinski definition) is 3. The van der Waals surface area contributed by atoms with Gasteiger partial charge in [0.2, 0.25) is 19.2 Å². The molecule has 0 fully saturated rings. The Kier molecular flexibility index (Phi) is 11.5. The van der Waals surface area contributed by atoms with Gasteiger partial charge < -0.3 is 20.3 Å². The van der Waals surface area contributed by atoms with Crippen LogP contribution in [0.1, 0.15) is 43.1 Å². The smallest absolute Gasteiger partial charge is 0.255 e. The maximum absolute atomic E-state index is 14.0. The summed E-state index contributed by atoms with van der Waals surface area (Å²) >= 11 is 0. The van der Waals surface area contributed by atoms with Crippen LogP contribution in [-0.4, -0.2) is 49.0 Å². The molecule has 0 aliphatic heterocycles. The molecule has 3 rings (SSSR count). The minimum absolute atomic E-state index is 0.0690. The first-order chi connectivity index (χ1) is 19.9. The number of hydrogen-bond acceptors (Lipinski definition) is 5. The predicted molar refractivity (Wildman–Crippen MR) is 166 cm³/mol. The SMILES string of the molecule is CNC(=O)C(C)N(C(=O)C(CC(C)C)CP(=O)(O)Cc1ccc(NC(=O)c2ccccc2)cc1)c1ccc(OC)cc1. The number of likely N-dealkylation sites (N-methyl/N-ethyl adjacent to an activating group) is 1. The molecule has 224 valence electrons. The summed E-state index contributed by atoms with van der Waals surface area (Å²) in [6, 6.07) is 21.5. The highest BCUT2D eigenvalue weighted by atomic mass is 31.2. The van der Waals surface area contributed by atoms with Gasteiger partial charge in [0.05, 0.1) is 7.11 Å². The average Bonchev–Trinajstić information content (AvgIpc) is 2.97. The molecule has 0 aromatic heterocycles. The second-order valence-corrected chi connectivity index (χ2v) is 13.1. The lowest BCUT2D eigenvalue weighted by atomic mass is 9.96. The van der Waals surface area contributed by atoms with Crippen LogP contribution in [0.25, 0.3) is 0 Å². The molecule has 3 amide bonds. The Morgan fingerprint density at radius 2 is 1.55 bits per heavy atom. The fourth-order valence-electron chi connectivity index (χ4n) is 4.81. The van der Waals surface area contributed by atoms with Crippen LogP contribution < -0.4 is 20.3 Å². The summed E-state index contributed by atoms with van der Waals surface area (Å²) in [4.78, 5) is 51.6. The summed E-state index contributed by atoms with van der Waals surface area (Å²) in [5.74, 6) is -1.12. The minimum atomic E-state index is -3.83. The van der Waals surface area contributed by atoms with E-state index in [-0.39, 0.29) is 30.1 Å². The Hall–Kier alpha value is -3.94. The molecule has 0 radical (unpaired) electrons. The number of nitrogens with one attached hydrogen (secondary N) is 2. The highest BCUT2D eigenvalue weighted by Crippen LogP contribution is 2.47. The number of ether oxygens (including phenoxy) is 1. The van der Waals surface area contributed by atoms with Gasteiger partial charge in [-0.3, -0.25) is 23.8 Å². The highest BCUT2D eigenvalue weighted by molar-refractivity contribution is 7.57. The van der Waals surface area contributed by atoms with Crippen molar-refractivity contribution in [1.82, 2.24) is 5.32 Å². The molecule has 3 aromatic rings. The first-order valence-corrected chi connectivity index (χ1v) is 15.9. The van der Waals surface area contributed by atoms with Gasteiger partial charge in [-0.05, 0) is 73.4 Å². The standard InChI is InChI=1S/C32H40N3O6P/c1-22(2)19-26(32(38)35(23(3)30(36)33-4)28-15-17-29(41-5)18-16-28)21-42(39,40)20-24-11-13-27(14-12-24)34-31(37)25-9-7-6-8-10-25/h6-18,22-23,26H,19-21H2,1-5H3,(H,33,36)(H,34,37)(H,39,40). The summed E-state index contributed by atoms with van der Waals surface area (Å²) in [5.41, 5.74) is 2.19. The van der Waals surface area contributed by atoms with Crippen LogP contribution in [0.2, 0.25) is 0 Å². The number of carbonyl (C=O) groups excluding carboxylic acids is 3. The number of methoxy groups -OCH3 is 1. The lowest BCUT2D eigenvalue weighted by Gasteiger charge is -2.33. The van der Waals surface area contributed by atoms with Crippen molar-refractivity contribution in [3.05, 3.63) is 90.0 Å². The van der Waals surface area contributed by atoms with E-state index in [0.29, 0.717) is 34.7 Å². The Labute approximate surface area is 247 Å². The number of anilines is 2. The monoisotopic (exact) mass is 593 g/mol. The Morgan fingerprint density at radius 3 is 2.10 bits per heavy atom. The highest BCUT2D eigenvalue weighted by Gasteiger charge is 2.36. The average molecular weight is 594 g/mol. The summed E-state index contributed by atoms with van der Waals surface area (Å²) in [5, 5.41) is 5.41. The number of carbonyl (C=O) groups is 3. The van der Waals surface area contributed by atoms with Crippen molar-refractivity contribution in [3.63, 3.8) is 0 Å². The van der Waals surface area contributed by atoms with Crippen LogP contribution in [0.3, 0.4) is 0 Å². The molecule has 0 bridgehead atoms. The maximum Gasteiger partial charge on any atom is 0.255 e. The molecule has 10 heteroatoms. The van der Waals surface area contributed by atoms with Gasteiger partial charge in [-0.15, -0.1) is 0 Å². The van der Waals surface area contributed by atoms with Crippen LogP contribution in [0, 0.1) is 11.8 Å². The minimum Gasteiger partial charge on any atom is -0.497 e. The molecular formula is C32H40N3O6P. The van der Waals surface area contributed by atoms with Crippen LogP contribution in [0.5, 0.6) is 5.75 Å². The van der Waals surface area contributed by atoms with Crippen LogP contribution >= 0.6 is 7.37 Å². The molecule has 3 unspecified atom stereocenters. The summed E-state index contributed by atoms with van der Waals surface area (Å²) in [6.07, 6.45) is 0.0138. The third-order valence-corrected chi connectivity index (χ3v) is 8.76. The van der Waals surface area contributed by atoms with Gasteiger partial charge in [-0.1, -0.05) is 44.2 Å². The summed E-state index contributed by atoms with van der Waals surface area (Å²) in [6.45, 7) is 5.53. The third kappa shape index (κ3) is 9.03. The number of benzene rings is 3. The van der Waals surface area contributed by atoms with E-state index in [1.165, 1.54) is 19.1 Å². The molecule has 0 aliphatic carbocycles. The Morgan fingerprint density at radius 1 is 0.929 bits per heavy atom. The van der Waals surface area contributed by atoms with Crippen molar-refractivity contribution >= 4 is 36.5 Å². The van der Waals surface area contributed by atoms with E-state index in [1.807, 2.05) is 19.9 Å². The third-order valence-electron chi connectivity index (χ3n) is 6.89. The van der Waals surface area contributed by atoms with Crippen LogP contribution in [-0.2, 0) is 20.3 Å². The molecule has 0 saturated heterocycles. The van der Waals surface area contributed by atoms with Gasteiger partial charge in [-0.2, -0.15) is 0 Å². The van der Waals surface area contributed by atoms with Gasteiger partial charge in [0.15, 0.2) is 0 Å². The molecule has 0 saturated carbocycles. The van der Waals surface area contributed by atoms with Crippen LogP contribution in [0.15, 0.2) is 78.9 Å². The molecule has 0 spiro atoms. The topological polar surface area (TPSA) is 125 Å². The molecule has 9 nitrogen and oxygen atoms in total. The normalized spacial score (nSPS) is 13.9. The zero-order valence-corrected chi connectivity index (χ0v) is 25.6. The van der Waals surface area contributed by atoms with Crippen LogP contribution in [0.4, 0.5) is 11.4 Å². The van der Waals surface area contributed by atoms with Crippen molar-refractivity contribution in [2.24, 2.45) is 11.8 Å². The van der Waals surface area contributed by atoms with Gasteiger partial charge in [0, 0.05) is 42.2 Å². The van der Waals surface area contributed by atoms with Crippen molar-refractivity contribution in [3.8, 4) is 5.75 Å². The second-order valence-electron chi connectivity index (χ2n) is 10.7. The largest absolute Gasteiger partial charge is 0.497 e. The van der Waals surface area contributed by atoms with Gasteiger partial charge >= 0.3 is 0 Å². The van der Waals surface area contributed by atoms with E-state index < -0.39 is 25.2 Å². The zero-order chi connectivity index (χ0) is 30.9. The molecule has 0 heterocycles. The van der Waals surface area contributed by atoms with E-state index in [2.05, 4.69) is 10.6 Å². The van der Waals surface area contributed by atoms with Gasteiger partial charge in [0.25, 0.3) is 5.91 Å². The predicted octanol–water partition coefficient (Wildman–Crippen LogP) is 5.55. The Balaban J connectivity index is 1.79. The summed E-state index contributed by atoms with van der Waals surface area (Å²) in [7, 11) is -0.791. The van der Waals surface area contributed by atoms with E-state index >= 15 is 0 Å². The number of amides is 3. The van der Waals surface area contributed by atoms with Crippen molar-refractivity contribution in [1.29, 1.82) is 0 Å². The summed E-state index contributed by atoms with van der Waals surface area (Å²) < 4.78 is 18.8. The quantitative estimate of drug-likeness (QED) is 0.223. The van der Waals surface area contributed by atoms with E-state index in [9.17, 15) is 23.8 Å². The molecule has 3 aromatic carbocycles. The lowest BCUT2D eigenvalue weighted by molar-refractivity contribution is -0.127. The second kappa shape index (κ2) is 14.8. The van der Waals surface area contributed by atoms with Crippen molar-refractivity contribution in [2.45, 2.75) is 39.4 Å². The van der Waals surface area contributed by atoms with E-state index in [4.69, 9.17) is 4.74 Å². The van der Waals surface area contributed by atoms with Gasteiger partial charge in [-0.25, -0.2) is 0 Å². The van der Waals surface area contributed by atoms with Crippen molar-refractivity contribution in [2.75, 3.05) is 30.5 Å². The molecule has 42 heavy (non-hydrogen) atoms. The fourth-order valence-corrected chi connectivity index (χ4v) is 6.71. The molecular weight excluding hydrogens is 553 g/mol. The van der Waals surface area contributed by atoms with Gasteiger partial charge in [0.1, 0.15) is 11.8 Å². The first-order valence-electron chi connectivity index (χ1n) is 13.9. The van der Waals surface area contributed by atoms with E-state index in [1.54, 1.807) is 79.7 Å². The zero-order valence-electron chi connectivity index (χ0n) is 24.7. The Bertz CT molecular complexity index is 1390. The van der Waals surface area contributed by atoms with E-state index in [0.717, 1.165) is 0 Å². The van der Waals surface area contributed by atoms with Crippen molar-refractivity contribution < 1.29 is 28.6 Å². The number of rotatable bonds is 13. The maximum atomic E-state index is 14.0.